The number of piperidine rings is 1. The van der Waals surface area contributed by atoms with E-state index in [1.165, 1.54) is 5.57 Å². The second-order valence-corrected chi connectivity index (χ2v) is 10.4. The minimum Gasteiger partial charge on any atom is -0.477 e. The van der Waals surface area contributed by atoms with E-state index in [4.69, 9.17) is 9.47 Å². The molecule has 0 radical (unpaired) electrons. The lowest BCUT2D eigenvalue weighted by molar-refractivity contribution is -0.125. The summed E-state index contributed by atoms with van der Waals surface area (Å²) in [4.78, 5) is 30.6. The maximum absolute atomic E-state index is 12.2. The Balaban J connectivity index is 1.41. The van der Waals surface area contributed by atoms with E-state index in [1.807, 2.05) is 39.1 Å². The molecule has 34 heavy (non-hydrogen) atoms. The molecule has 2 aliphatic rings. The predicted molar refractivity (Wildman–Crippen MR) is 130 cm³/mol. The Morgan fingerprint density at radius 2 is 1.97 bits per heavy atom. The Morgan fingerprint density at radius 1 is 1.24 bits per heavy atom. The standard InChI is InChI=1S/C26H39N3O5/c1-18(30)15-28-24(31)21-7-5-20(6-8-21)22-9-10-23(27-16-22)33-17-19-11-13-29(14-12-19)25(32)34-26(2,3)4/h5,9-10,16,18-19,21,30H,6-8,11-15,17H2,1-4H3,(H,28,31)/t18-,21+/m1/s1. The largest absolute Gasteiger partial charge is 0.477 e. The van der Waals surface area contributed by atoms with Crippen molar-refractivity contribution in [3.05, 3.63) is 30.0 Å². The van der Waals surface area contributed by atoms with Crippen molar-refractivity contribution in [1.29, 1.82) is 0 Å². The molecule has 0 spiro atoms. The van der Waals surface area contributed by atoms with Crippen molar-refractivity contribution in [2.75, 3.05) is 26.2 Å². The topological polar surface area (TPSA) is 101 Å². The lowest BCUT2D eigenvalue weighted by Gasteiger charge is -2.33. The van der Waals surface area contributed by atoms with Gasteiger partial charge in [0.15, 0.2) is 0 Å². The van der Waals surface area contributed by atoms with E-state index in [9.17, 15) is 14.7 Å². The molecule has 2 heterocycles. The SMILES string of the molecule is C[C@@H](O)CNC(=O)[C@H]1CC=C(c2ccc(OCC3CCN(C(=O)OC(C)(C)C)CC3)nc2)CC1. The maximum Gasteiger partial charge on any atom is 0.410 e. The second-order valence-electron chi connectivity index (χ2n) is 10.4. The highest BCUT2D eigenvalue weighted by atomic mass is 16.6. The lowest BCUT2D eigenvalue weighted by atomic mass is 9.86. The van der Waals surface area contributed by atoms with Crippen LogP contribution >= 0.6 is 0 Å². The van der Waals surface area contributed by atoms with Crippen molar-refractivity contribution in [2.24, 2.45) is 11.8 Å². The number of pyridine rings is 1. The predicted octanol–water partition coefficient (Wildman–Crippen LogP) is 3.79. The smallest absolute Gasteiger partial charge is 0.410 e. The summed E-state index contributed by atoms with van der Waals surface area (Å²) in [6.07, 6.45) is 7.26. The molecule has 3 rings (SSSR count). The number of aliphatic hydroxyl groups excluding tert-OH is 1. The number of aromatic nitrogens is 1. The van der Waals surface area contributed by atoms with E-state index in [1.54, 1.807) is 11.8 Å². The number of carbonyl (C=O) groups is 2. The zero-order valence-corrected chi connectivity index (χ0v) is 20.9. The van der Waals surface area contributed by atoms with E-state index in [2.05, 4.69) is 16.4 Å². The molecule has 2 amide bonds. The van der Waals surface area contributed by atoms with Crippen molar-refractivity contribution in [3.63, 3.8) is 0 Å². The average molecular weight is 474 g/mol. The summed E-state index contributed by atoms with van der Waals surface area (Å²) in [7, 11) is 0. The number of nitrogens with zero attached hydrogens (tertiary/aromatic N) is 2. The van der Waals surface area contributed by atoms with Crippen molar-refractivity contribution in [1.82, 2.24) is 15.2 Å². The average Bonchev–Trinajstić information content (AvgIpc) is 2.81. The molecular formula is C26H39N3O5. The highest BCUT2D eigenvalue weighted by Gasteiger charge is 2.27. The molecule has 1 saturated heterocycles. The molecule has 8 nitrogen and oxygen atoms in total. The van der Waals surface area contributed by atoms with Gasteiger partial charge in [0, 0.05) is 37.8 Å². The van der Waals surface area contributed by atoms with Gasteiger partial charge in [-0.3, -0.25) is 4.79 Å². The summed E-state index contributed by atoms with van der Waals surface area (Å²) in [5.41, 5.74) is 1.78. The van der Waals surface area contributed by atoms with Gasteiger partial charge in [-0.1, -0.05) is 6.08 Å². The van der Waals surface area contributed by atoms with Crippen LogP contribution in [0.4, 0.5) is 4.79 Å². The Hall–Kier alpha value is -2.61. The molecule has 1 fully saturated rings. The summed E-state index contributed by atoms with van der Waals surface area (Å²) in [6.45, 7) is 9.54. The lowest BCUT2D eigenvalue weighted by Crippen LogP contribution is -2.42. The Kier molecular flexibility index (Phi) is 8.94. The number of aliphatic hydroxyl groups is 1. The molecular weight excluding hydrogens is 434 g/mol. The van der Waals surface area contributed by atoms with E-state index >= 15 is 0 Å². The highest BCUT2D eigenvalue weighted by Crippen LogP contribution is 2.30. The summed E-state index contributed by atoms with van der Waals surface area (Å²) >= 11 is 0. The summed E-state index contributed by atoms with van der Waals surface area (Å²) in [6, 6.07) is 3.92. The summed E-state index contributed by atoms with van der Waals surface area (Å²) < 4.78 is 11.4. The first-order chi connectivity index (χ1) is 16.1. The first-order valence-corrected chi connectivity index (χ1v) is 12.3. The van der Waals surface area contributed by atoms with Crippen LogP contribution in [-0.2, 0) is 9.53 Å². The minimum atomic E-state index is -0.532. The Labute approximate surface area is 202 Å². The third-order valence-electron chi connectivity index (χ3n) is 6.19. The first-order valence-electron chi connectivity index (χ1n) is 12.3. The van der Waals surface area contributed by atoms with Gasteiger partial charge in [0.1, 0.15) is 5.60 Å². The van der Waals surface area contributed by atoms with E-state index in [0.717, 1.165) is 31.2 Å². The molecule has 8 heteroatoms. The van der Waals surface area contributed by atoms with Gasteiger partial charge in [0.25, 0.3) is 0 Å². The number of ether oxygens (including phenoxy) is 2. The van der Waals surface area contributed by atoms with Gasteiger partial charge in [0.05, 0.1) is 12.7 Å². The molecule has 0 aromatic carbocycles. The Bertz CT molecular complexity index is 852. The molecule has 1 aromatic rings. The second kappa shape index (κ2) is 11.7. The summed E-state index contributed by atoms with van der Waals surface area (Å²) in [5.74, 6) is 0.957. The third kappa shape index (κ3) is 8.01. The van der Waals surface area contributed by atoms with Crippen LogP contribution in [0.5, 0.6) is 5.88 Å². The van der Waals surface area contributed by atoms with Gasteiger partial charge in [-0.05, 0) is 82.9 Å². The highest BCUT2D eigenvalue weighted by molar-refractivity contribution is 5.80. The number of amides is 2. The molecule has 2 N–H and O–H groups in total. The monoisotopic (exact) mass is 473 g/mol. The molecule has 1 aliphatic carbocycles. The summed E-state index contributed by atoms with van der Waals surface area (Å²) in [5, 5.41) is 12.1. The van der Waals surface area contributed by atoms with Crippen LogP contribution < -0.4 is 10.1 Å². The molecule has 2 atom stereocenters. The molecule has 1 aliphatic heterocycles. The van der Waals surface area contributed by atoms with Gasteiger partial charge < -0.3 is 24.8 Å². The number of allylic oxidation sites excluding steroid dienone is 2. The van der Waals surface area contributed by atoms with Crippen LogP contribution in [0.2, 0.25) is 0 Å². The van der Waals surface area contributed by atoms with Crippen LogP contribution in [0.15, 0.2) is 24.4 Å². The Morgan fingerprint density at radius 3 is 2.53 bits per heavy atom. The number of rotatable bonds is 7. The van der Waals surface area contributed by atoms with Crippen molar-refractivity contribution < 1.29 is 24.2 Å². The van der Waals surface area contributed by atoms with Crippen LogP contribution in [0.1, 0.15) is 65.4 Å². The molecule has 0 unspecified atom stereocenters. The van der Waals surface area contributed by atoms with Crippen LogP contribution in [0.25, 0.3) is 5.57 Å². The zero-order valence-electron chi connectivity index (χ0n) is 20.9. The number of hydrogen-bond donors (Lipinski definition) is 2. The fourth-order valence-electron chi connectivity index (χ4n) is 4.19. The van der Waals surface area contributed by atoms with Crippen molar-refractivity contribution in [2.45, 2.75) is 71.5 Å². The zero-order chi connectivity index (χ0) is 24.7. The van der Waals surface area contributed by atoms with Crippen molar-refractivity contribution >= 4 is 17.6 Å². The van der Waals surface area contributed by atoms with E-state index < -0.39 is 11.7 Å². The number of likely N-dealkylation sites (tertiary alicyclic amines) is 1. The first kappa shape index (κ1) is 26.0. The quantitative estimate of drug-likeness (QED) is 0.625. The minimum absolute atomic E-state index is 0.00926. The van der Waals surface area contributed by atoms with Crippen LogP contribution in [0, 0.1) is 11.8 Å². The fraction of sp³-hybridized carbons (Fsp3) is 0.654. The van der Waals surface area contributed by atoms with Crippen LogP contribution in [-0.4, -0.2) is 64.9 Å². The van der Waals surface area contributed by atoms with Gasteiger partial charge in [-0.15, -0.1) is 0 Å². The third-order valence-corrected chi connectivity index (χ3v) is 6.19. The normalized spacial score (nSPS) is 20.3. The van der Waals surface area contributed by atoms with E-state index in [-0.39, 0.29) is 17.9 Å². The number of carbonyl (C=O) groups excluding carboxylic acids is 2. The van der Waals surface area contributed by atoms with Crippen LogP contribution in [0.3, 0.4) is 0 Å². The molecule has 0 bridgehead atoms. The fourth-order valence-corrected chi connectivity index (χ4v) is 4.19. The van der Waals surface area contributed by atoms with Gasteiger partial charge >= 0.3 is 6.09 Å². The van der Waals surface area contributed by atoms with Crippen molar-refractivity contribution in [3.8, 4) is 5.88 Å². The molecule has 188 valence electrons. The maximum atomic E-state index is 12.2. The number of hydrogen-bond acceptors (Lipinski definition) is 6. The van der Waals surface area contributed by atoms with Gasteiger partial charge in [-0.2, -0.15) is 0 Å². The molecule has 0 saturated carbocycles. The van der Waals surface area contributed by atoms with Gasteiger partial charge in [0.2, 0.25) is 11.8 Å². The van der Waals surface area contributed by atoms with E-state index in [0.29, 0.717) is 44.5 Å². The number of nitrogens with one attached hydrogen (secondary N) is 1. The van der Waals surface area contributed by atoms with Gasteiger partial charge in [-0.25, -0.2) is 9.78 Å². The molecule has 1 aromatic heterocycles.